The van der Waals surface area contributed by atoms with Gasteiger partial charge in [-0.2, -0.15) is 0 Å². The molecule has 0 aliphatic rings. The molecule has 4 heteroatoms. The van der Waals surface area contributed by atoms with E-state index in [2.05, 4.69) is 5.32 Å². The number of amides is 1. The first-order chi connectivity index (χ1) is 8.18. The maximum absolute atomic E-state index is 12.0. The molecule has 1 rings (SSSR count). The summed E-state index contributed by atoms with van der Waals surface area (Å²) in [5.41, 5.74) is -1.46. The Morgan fingerprint density at radius 1 is 1.06 bits per heavy atom. The Morgan fingerprint density at radius 3 is 1.94 bits per heavy atom. The van der Waals surface area contributed by atoms with E-state index in [9.17, 15) is 14.7 Å². The van der Waals surface area contributed by atoms with Crippen molar-refractivity contribution < 1.29 is 14.7 Å². The molecule has 0 saturated heterocycles. The summed E-state index contributed by atoms with van der Waals surface area (Å²) in [5.74, 6) is -1.42. The smallest absolute Gasteiger partial charge is 0.329 e. The van der Waals surface area contributed by atoms with Crippen LogP contribution in [0.5, 0.6) is 0 Å². The summed E-state index contributed by atoms with van der Waals surface area (Å²) < 4.78 is 0. The van der Waals surface area contributed by atoms with E-state index >= 15 is 0 Å². The topological polar surface area (TPSA) is 66.4 Å². The fraction of sp³-hybridized carbons (Fsp3) is 0.429. The first-order valence-electron chi connectivity index (χ1n) is 5.79. The van der Waals surface area contributed by atoms with E-state index in [1.807, 2.05) is 0 Å². The fourth-order valence-electron chi connectivity index (χ4n) is 1.45. The van der Waals surface area contributed by atoms with Gasteiger partial charge in [0.1, 0.15) is 5.54 Å². The standard InChI is InChI=1S/C14H19NO3/c1-13(2,3)14(4,12(17)18)15-11(16)10-8-6-5-7-9-10/h5-9H,1-4H3,(H,15,16)(H,17,18). The number of hydrogen-bond donors (Lipinski definition) is 2. The van der Waals surface area contributed by atoms with Gasteiger partial charge in [0.25, 0.3) is 5.91 Å². The Labute approximate surface area is 107 Å². The van der Waals surface area contributed by atoms with Crippen LogP contribution in [0.25, 0.3) is 0 Å². The molecule has 1 amide bonds. The summed E-state index contributed by atoms with van der Waals surface area (Å²) in [6.07, 6.45) is 0. The Bertz CT molecular complexity index is 448. The molecule has 0 bridgehead atoms. The zero-order chi connectivity index (χ0) is 14.0. The summed E-state index contributed by atoms with van der Waals surface area (Å²) >= 11 is 0. The Kier molecular flexibility index (Phi) is 3.79. The maximum atomic E-state index is 12.0. The van der Waals surface area contributed by atoms with E-state index in [0.29, 0.717) is 5.56 Å². The van der Waals surface area contributed by atoms with Crippen LogP contribution in [0.1, 0.15) is 38.1 Å². The molecule has 0 aliphatic carbocycles. The third-order valence-electron chi connectivity index (χ3n) is 3.33. The average Bonchev–Trinajstić information content (AvgIpc) is 2.28. The third-order valence-corrected chi connectivity index (χ3v) is 3.33. The maximum Gasteiger partial charge on any atom is 0.329 e. The van der Waals surface area contributed by atoms with Gasteiger partial charge in [-0.1, -0.05) is 39.0 Å². The summed E-state index contributed by atoms with van der Waals surface area (Å²) in [6.45, 7) is 6.88. The van der Waals surface area contributed by atoms with Gasteiger partial charge in [-0.15, -0.1) is 0 Å². The highest BCUT2D eigenvalue weighted by molar-refractivity contribution is 5.98. The van der Waals surface area contributed by atoms with E-state index in [-0.39, 0.29) is 5.91 Å². The normalized spacial score (nSPS) is 14.7. The summed E-state index contributed by atoms with van der Waals surface area (Å²) in [4.78, 5) is 23.5. The molecule has 2 N–H and O–H groups in total. The number of hydrogen-bond acceptors (Lipinski definition) is 2. The molecule has 1 aromatic rings. The first-order valence-corrected chi connectivity index (χ1v) is 5.79. The van der Waals surface area contributed by atoms with Crippen LogP contribution in [0.3, 0.4) is 0 Å². The molecule has 0 radical (unpaired) electrons. The van der Waals surface area contributed by atoms with Crippen LogP contribution in [0.4, 0.5) is 0 Å². The molecule has 0 aliphatic heterocycles. The van der Waals surface area contributed by atoms with Crippen LogP contribution in [0.15, 0.2) is 30.3 Å². The molecule has 0 fully saturated rings. The molecule has 0 aromatic heterocycles. The Hall–Kier alpha value is -1.84. The second kappa shape index (κ2) is 4.80. The minimum absolute atomic E-state index is 0.379. The van der Waals surface area contributed by atoms with Crippen LogP contribution in [0.2, 0.25) is 0 Å². The zero-order valence-corrected chi connectivity index (χ0v) is 11.2. The lowest BCUT2D eigenvalue weighted by atomic mass is 9.74. The van der Waals surface area contributed by atoms with Crippen molar-refractivity contribution in [3.05, 3.63) is 35.9 Å². The molecule has 1 aromatic carbocycles. The van der Waals surface area contributed by atoms with E-state index in [0.717, 1.165) is 0 Å². The second-order valence-electron chi connectivity index (χ2n) is 5.50. The van der Waals surface area contributed by atoms with Crippen molar-refractivity contribution in [2.24, 2.45) is 5.41 Å². The van der Waals surface area contributed by atoms with E-state index in [1.54, 1.807) is 51.1 Å². The summed E-state index contributed by atoms with van der Waals surface area (Å²) in [6, 6.07) is 8.59. The lowest BCUT2D eigenvalue weighted by Gasteiger charge is -2.38. The molecule has 0 spiro atoms. The molecular weight excluding hydrogens is 230 g/mol. The van der Waals surface area contributed by atoms with Gasteiger partial charge in [0.05, 0.1) is 0 Å². The molecule has 0 heterocycles. The van der Waals surface area contributed by atoms with E-state index in [4.69, 9.17) is 0 Å². The predicted octanol–water partition coefficient (Wildman–Crippen LogP) is 2.31. The predicted molar refractivity (Wildman–Crippen MR) is 69.4 cm³/mol. The quantitative estimate of drug-likeness (QED) is 0.863. The van der Waals surface area contributed by atoms with Crippen LogP contribution in [-0.2, 0) is 4.79 Å². The van der Waals surface area contributed by atoms with Crippen molar-refractivity contribution in [2.75, 3.05) is 0 Å². The number of carbonyl (C=O) groups excluding carboxylic acids is 1. The zero-order valence-electron chi connectivity index (χ0n) is 11.2. The highest BCUT2D eigenvalue weighted by atomic mass is 16.4. The lowest BCUT2D eigenvalue weighted by Crippen LogP contribution is -2.60. The van der Waals surface area contributed by atoms with Crippen molar-refractivity contribution in [1.82, 2.24) is 5.32 Å². The van der Waals surface area contributed by atoms with Crippen molar-refractivity contribution in [3.8, 4) is 0 Å². The number of rotatable bonds is 3. The first kappa shape index (κ1) is 14.2. The SMILES string of the molecule is CC(C)(C)C(C)(NC(=O)c1ccccc1)C(=O)O. The molecule has 0 saturated carbocycles. The largest absolute Gasteiger partial charge is 0.479 e. The van der Waals surface area contributed by atoms with Crippen molar-refractivity contribution in [2.45, 2.75) is 33.2 Å². The van der Waals surface area contributed by atoms with Gasteiger partial charge in [-0.05, 0) is 24.5 Å². The third kappa shape index (κ3) is 2.70. The van der Waals surface area contributed by atoms with Crippen LogP contribution >= 0.6 is 0 Å². The number of carboxylic acid groups (broad SMARTS) is 1. The number of carbonyl (C=O) groups is 2. The highest BCUT2D eigenvalue weighted by Crippen LogP contribution is 2.30. The summed E-state index contributed by atoms with van der Waals surface area (Å²) in [7, 11) is 0. The molecule has 4 nitrogen and oxygen atoms in total. The average molecular weight is 249 g/mol. The minimum atomic E-state index is -1.32. The second-order valence-corrected chi connectivity index (χ2v) is 5.50. The van der Waals surface area contributed by atoms with E-state index < -0.39 is 16.9 Å². The molecule has 1 atom stereocenters. The molecule has 98 valence electrons. The molecule has 18 heavy (non-hydrogen) atoms. The van der Waals surface area contributed by atoms with E-state index in [1.165, 1.54) is 6.92 Å². The Morgan fingerprint density at radius 2 is 1.56 bits per heavy atom. The van der Waals surface area contributed by atoms with Gasteiger partial charge < -0.3 is 10.4 Å². The van der Waals surface area contributed by atoms with Gasteiger partial charge in [0.2, 0.25) is 0 Å². The number of benzene rings is 1. The van der Waals surface area contributed by atoms with Gasteiger partial charge in [0.15, 0.2) is 0 Å². The number of aliphatic carboxylic acids is 1. The monoisotopic (exact) mass is 249 g/mol. The molecular formula is C14H19NO3. The number of carboxylic acids is 1. The fourth-order valence-corrected chi connectivity index (χ4v) is 1.45. The van der Waals surface area contributed by atoms with Crippen molar-refractivity contribution >= 4 is 11.9 Å². The lowest BCUT2D eigenvalue weighted by molar-refractivity contribution is -0.148. The van der Waals surface area contributed by atoms with Gasteiger partial charge >= 0.3 is 5.97 Å². The van der Waals surface area contributed by atoms with Crippen LogP contribution in [0, 0.1) is 5.41 Å². The van der Waals surface area contributed by atoms with Gasteiger partial charge in [0, 0.05) is 5.56 Å². The highest BCUT2D eigenvalue weighted by Gasteiger charge is 2.45. The summed E-state index contributed by atoms with van der Waals surface area (Å²) in [5, 5.41) is 12.0. The number of nitrogens with one attached hydrogen (secondary N) is 1. The van der Waals surface area contributed by atoms with Gasteiger partial charge in [-0.3, -0.25) is 4.79 Å². The molecule has 1 unspecified atom stereocenters. The van der Waals surface area contributed by atoms with Crippen molar-refractivity contribution in [1.29, 1.82) is 0 Å². The minimum Gasteiger partial charge on any atom is -0.479 e. The Balaban J connectivity index is 3.01. The van der Waals surface area contributed by atoms with Crippen LogP contribution in [-0.4, -0.2) is 22.5 Å². The van der Waals surface area contributed by atoms with Gasteiger partial charge in [-0.25, -0.2) is 4.79 Å². The van der Waals surface area contributed by atoms with Crippen molar-refractivity contribution in [3.63, 3.8) is 0 Å². The van der Waals surface area contributed by atoms with Crippen LogP contribution < -0.4 is 5.32 Å².